The predicted molar refractivity (Wildman–Crippen MR) is 82.5 cm³/mol. The number of aromatic nitrogens is 2. The van der Waals surface area contributed by atoms with E-state index in [2.05, 4.69) is 45.0 Å². The maximum Gasteiger partial charge on any atom is 0.0540 e. The topological polar surface area (TPSA) is 29.9 Å². The summed E-state index contributed by atoms with van der Waals surface area (Å²) in [7, 11) is 2.02. The molecule has 0 amide bonds. The second kappa shape index (κ2) is 4.33. The first-order valence-corrected chi connectivity index (χ1v) is 8.00. The molecule has 2 aliphatic rings. The van der Waals surface area contributed by atoms with Gasteiger partial charge in [0.15, 0.2) is 0 Å². The first kappa shape index (κ1) is 14.1. The van der Waals surface area contributed by atoms with E-state index in [1.165, 1.54) is 30.5 Å². The smallest absolute Gasteiger partial charge is 0.0540 e. The Morgan fingerprint density at radius 2 is 2.10 bits per heavy atom. The zero-order valence-electron chi connectivity index (χ0n) is 13.8. The Bertz CT molecular complexity index is 512. The molecule has 2 aliphatic carbocycles. The lowest BCUT2D eigenvalue weighted by Crippen LogP contribution is -2.51. The summed E-state index contributed by atoms with van der Waals surface area (Å²) in [6, 6.07) is 0.993. The van der Waals surface area contributed by atoms with E-state index in [1.807, 2.05) is 17.9 Å². The summed E-state index contributed by atoms with van der Waals surface area (Å²) in [4.78, 5) is 0. The quantitative estimate of drug-likeness (QED) is 0.913. The summed E-state index contributed by atoms with van der Waals surface area (Å²) < 4.78 is 1.97. The van der Waals surface area contributed by atoms with Gasteiger partial charge in [-0.25, -0.2) is 0 Å². The fourth-order valence-corrected chi connectivity index (χ4v) is 5.00. The third-order valence-electron chi connectivity index (χ3n) is 6.43. The molecule has 2 saturated carbocycles. The van der Waals surface area contributed by atoms with Gasteiger partial charge < -0.3 is 5.32 Å². The minimum atomic E-state index is 0.379. The standard InChI is InChI=1S/C17H29N3/c1-11(14-10-18-20(6)12(14)2)19-15-16(3,4)13-7-8-17(15,5)9-13/h10-11,13,15,19H,7-9H2,1-6H3/t11?,13-,15?,17+/m0/s1. The average molecular weight is 275 g/mol. The highest BCUT2D eigenvalue weighted by Gasteiger charge is 2.59. The second-order valence-electron chi connectivity index (χ2n) is 8.05. The fraction of sp³-hybridized carbons (Fsp3) is 0.824. The lowest BCUT2D eigenvalue weighted by atomic mass is 9.68. The molecule has 2 bridgehead atoms. The number of nitrogens with zero attached hydrogens (tertiary/aromatic N) is 2. The van der Waals surface area contributed by atoms with Gasteiger partial charge in [-0.3, -0.25) is 4.68 Å². The monoisotopic (exact) mass is 275 g/mol. The van der Waals surface area contributed by atoms with Crippen molar-refractivity contribution in [2.75, 3.05) is 0 Å². The third-order valence-corrected chi connectivity index (χ3v) is 6.43. The van der Waals surface area contributed by atoms with Crippen molar-refractivity contribution in [2.45, 2.75) is 66.0 Å². The Morgan fingerprint density at radius 1 is 1.40 bits per heavy atom. The molecule has 0 saturated heterocycles. The number of fused-ring (bicyclic) bond motifs is 2. The molecule has 0 radical (unpaired) electrons. The summed E-state index contributed by atoms with van der Waals surface area (Å²) in [6.07, 6.45) is 6.23. The lowest BCUT2D eigenvalue weighted by Gasteiger charge is -2.44. The molecular weight excluding hydrogens is 246 g/mol. The van der Waals surface area contributed by atoms with Gasteiger partial charge in [0.2, 0.25) is 0 Å². The van der Waals surface area contributed by atoms with Crippen LogP contribution in [0.25, 0.3) is 0 Å². The Labute approximate surface area is 123 Å². The van der Waals surface area contributed by atoms with E-state index in [0.717, 1.165) is 5.92 Å². The van der Waals surface area contributed by atoms with Crippen LogP contribution in [0.15, 0.2) is 6.20 Å². The molecule has 112 valence electrons. The summed E-state index contributed by atoms with van der Waals surface area (Å²) in [5, 5.41) is 8.35. The molecule has 20 heavy (non-hydrogen) atoms. The molecule has 0 spiro atoms. The fourth-order valence-electron chi connectivity index (χ4n) is 5.00. The minimum Gasteiger partial charge on any atom is -0.306 e. The van der Waals surface area contributed by atoms with Crippen LogP contribution in [0.1, 0.15) is 64.3 Å². The van der Waals surface area contributed by atoms with E-state index in [4.69, 9.17) is 0 Å². The van der Waals surface area contributed by atoms with Crippen molar-refractivity contribution in [1.82, 2.24) is 15.1 Å². The van der Waals surface area contributed by atoms with Gasteiger partial charge in [-0.1, -0.05) is 20.8 Å². The molecule has 0 aliphatic heterocycles. The molecule has 2 unspecified atom stereocenters. The highest BCUT2D eigenvalue weighted by molar-refractivity contribution is 5.21. The van der Waals surface area contributed by atoms with E-state index in [9.17, 15) is 0 Å². The minimum absolute atomic E-state index is 0.379. The van der Waals surface area contributed by atoms with Crippen LogP contribution in [0.4, 0.5) is 0 Å². The van der Waals surface area contributed by atoms with Gasteiger partial charge in [-0.2, -0.15) is 5.10 Å². The largest absolute Gasteiger partial charge is 0.306 e. The molecule has 1 heterocycles. The zero-order chi connectivity index (χ0) is 14.7. The summed E-state index contributed by atoms with van der Waals surface area (Å²) in [6.45, 7) is 11.9. The van der Waals surface area contributed by atoms with Crippen LogP contribution in [0, 0.1) is 23.7 Å². The SMILES string of the molecule is Cc1c(C(C)NC2C(C)(C)[C@H]3CC[C@]2(C)C3)cnn1C. The number of hydrogen-bond acceptors (Lipinski definition) is 2. The number of nitrogens with one attached hydrogen (secondary N) is 1. The van der Waals surface area contributed by atoms with Crippen LogP contribution in [-0.2, 0) is 7.05 Å². The Kier molecular flexibility index (Phi) is 3.06. The molecular formula is C17H29N3. The van der Waals surface area contributed by atoms with Crippen LogP contribution in [0.2, 0.25) is 0 Å². The molecule has 0 aromatic carbocycles. The third kappa shape index (κ3) is 1.86. The van der Waals surface area contributed by atoms with Crippen molar-refractivity contribution >= 4 is 0 Å². The van der Waals surface area contributed by atoms with Gasteiger partial charge in [-0.05, 0) is 49.9 Å². The molecule has 2 fully saturated rings. The van der Waals surface area contributed by atoms with Gasteiger partial charge in [0.05, 0.1) is 6.20 Å². The highest BCUT2D eigenvalue weighted by atomic mass is 15.3. The van der Waals surface area contributed by atoms with E-state index in [0.29, 0.717) is 22.9 Å². The highest BCUT2D eigenvalue weighted by Crippen LogP contribution is 2.62. The second-order valence-corrected chi connectivity index (χ2v) is 8.05. The van der Waals surface area contributed by atoms with E-state index >= 15 is 0 Å². The van der Waals surface area contributed by atoms with Crippen LogP contribution < -0.4 is 5.32 Å². The molecule has 1 aromatic heterocycles. The van der Waals surface area contributed by atoms with E-state index in [1.54, 1.807) is 0 Å². The summed E-state index contributed by atoms with van der Waals surface area (Å²) in [5.41, 5.74) is 3.52. The molecule has 3 heteroatoms. The number of aryl methyl sites for hydroxylation is 1. The number of rotatable bonds is 3. The first-order chi connectivity index (χ1) is 9.25. The van der Waals surface area contributed by atoms with Crippen molar-refractivity contribution in [3.8, 4) is 0 Å². The predicted octanol–water partition coefficient (Wildman–Crippen LogP) is 3.59. The van der Waals surface area contributed by atoms with Crippen molar-refractivity contribution in [2.24, 2.45) is 23.8 Å². The molecule has 4 atom stereocenters. The Balaban J connectivity index is 1.82. The molecule has 1 N–H and O–H groups in total. The number of hydrogen-bond donors (Lipinski definition) is 1. The first-order valence-electron chi connectivity index (χ1n) is 8.00. The van der Waals surface area contributed by atoms with Gasteiger partial charge >= 0.3 is 0 Å². The van der Waals surface area contributed by atoms with Crippen molar-refractivity contribution in [1.29, 1.82) is 0 Å². The Morgan fingerprint density at radius 3 is 2.60 bits per heavy atom. The van der Waals surface area contributed by atoms with Gasteiger partial charge in [-0.15, -0.1) is 0 Å². The maximum absolute atomic E-state index is 4.39. The van der Waals surface area contributed by atoms with Crippen LogP contribution in [0.3, 0.4) is 0 Å². The van der Waals surface area contributed by atoms with Gasteiger partial charge in [0.1, 0.15) is 0 Å². The lowest BCUT2D eigenvalue weighted by molar-refractivity contribution is 0.100. The molecule has 3 nitrogen and oxygen atoms in total. The van der Waals surface area contributed by atoms with Gasteiger partial charge in [0.25, 0.3) is 0 Å². The van der Waals surface area contributed by atoms with Crippen LogP contribution >= 0.6 is 0 Å². The van der Waals surface area contributed by atoms with Crippen LogP contribution in [-0.4, -0.2) is 15.8 Å². The van der Waals surface area contributed by atoms with Crippen molar-refractivity contribution in [3.05, 3.63) is 17.5 Å². The summed E-state index contributed by atoms with van der Waals surface area (Å²) in [5.74, 6) is 0.896. The maximum atomic E-state index is 4.39. The van der Waals surface area contributed by atoms with E-state index < -0.39 is 0 Å². The van der Waals surface area contributed by atoms with Crippen molar-refractivity contribution in [3.63, 3.8) is 0 Å². The van der Waals surface area contributed by atoms with Gasteiger partial charge in [0, 0.05) is 30.4 Å². The average Bonchev–Trinajstić information content (AvgIpc) is 2.96. The normalized spacial score (nSPS) is 36.5. The van der Waals surface area contributed by atoms with Crippen LogP contribution in [0.5, 0.6) is 0 Å². The molecule has 1 aromatic rings. The van der Waals surface area contributed by atoms with Crippen molar-refractivity contribution < 1.29 is 0 Å². The van der Waals surface area contributed by atoms with E-state index in [-0.39, 0.29) is 0 Å². The molecule has 3 rings (SSSR count). The Hall–Kier alpha value is -0.830. The summed E-state index contributed by atoms with van der Waals surface area (Å²) >= 11 is 0. The zero-order valence-corrected chi connectivity index (χ0v) is 13.8.